The Balaban J connectivity index is 2.02. The van der Waals surface area contributed by atoms with Crippen molar-refractivity contribution in [1.82, 2.24) is 4.72 Å². The van der Waals surface area contributed by atoms with E-state index < -0.39 is 15.0 Å². The van der Waals surface area contributed by atoms with Crippen LogP contribution in [0.1, 0.15) is 15.9 Å². The highest BCUT2D eigenvalue weighted by molar-refractivity contribution is 9.09. The monoisotopic (exact) mass is 397 g/mol. The summed E-state index contributed by atoms with van der Waals surface area (Å²) < 4.78 is 31.0. The molecule has 1 unspecified atom stereocenters. The summed E-state index contributed by atoms with van der Waals surface area (Å²) in [6, 6.07) is 15.2. The predicted molar refractivity (Wildman–Crippen MR) is 91.0 cm³/mol. The second-order valence-electron chi connectivity index (χ2n) is 4.71. The Morgan fingerprint density at radius 3 is 2.30 bits per heavy atom. The molecule has 1 N–H and O–H groups in total. The van der Waals surface area contributed by atoms with Crippen LogP contribution in [0, 0.1) is 0 Å². The van der Waals surface area contributed by atoms with Gasteiger partial charge < -0.3 is 4.74 Å². The SMILES string of the molecule is CNS(=O)(=O)c1ccc(C(=O)C(Br)OCc2ccccc2)cc1. The maximum Gasteiger partial charge on any atom is 0.240 e. The van der Waals surface area contributed by atoms with Crippen LogP contribution >= 0.6 is 15.9 Å². The third-order valence-corrected chi connectivity index (χ3v) is 5.27. The van der Waals surface area contributed by atoms with Crippen molar-refractivity contribution in [3.05, 3.63) is 65.7 Å². The van der Waals surface area contributed by atoms with Crippen LogP contribution in [-0.2, 0) is 21.4 Å². The fraction of sp³-hybridized carbons (Fsp3) is 0.188. The van der Waals surface area contributed by atoms with E-state index >= 15 is 0 Å². The number of rotatable bonds is 7. The van der Waals surface area contributed by atoms with E-state index in [1.807, 2.05) is 30.3 Å². The summed E-state index contributed by atoms with van der Waals surface area (Å²) in [5.41, 5.74) is 1.33. The van der Waals surface area contributed by atoms with E-state index in [0.29, 0.717) is 12.2 Å². The van der Waals surface area contributed by atoms with Gasteiger partial charge in [-0.1, -0.05) is 30.3 Å². The number of hydrogen-bond acceptors (Lipinski definition) is 4. The highest BCUT2D eigenvalue weighted by Crippen LogP contribution is 2.16. The van der Waals surface area contributed by atoms with E-state index in [4.69, 9.17) is 4.74 Å². The lowest BCUT2D eigenvalue weighted by Gasteiger charge is -2.11. The molecular formula is C16H16BrNO4S. The van der Waals surface area contributed by atoms with Gasteiger partial charge in [0.2, 0.25) is 15.8 Å². The fourth-order valence-corrected chi connectivity index (χ4v) is 2.99. The molecule has 122 valence electrons. The van der Waals surface area contributed by atoms with E-state index in [0.717, 1.165) is 5.56 Å². The molecule has 2 rings (SSSR count). The van der Waals surface area contributed by atoms with Gasteiger partial charge in [-0.25, -0.2) is 13.1 Å². The normalized spacial score (nSPS) is 12.8. The molecular weight excluding hydrogens is 382 g/mol. The van der Waals surface area contributed by atoms with Crippen LogP contribution in [0.25, 0.3) is 0 Å². The molecule has 0 bridgehead atoms. The molecule has 0 aliphatic rings. The lowest BCUT2D eigenvalue weighted by molar-refractivity contribution is 0.0652. The van der Waals surface area contributed by atoms with E-state index in [-0.39, 0.29) is 10.7 Å². The molecule has 0 saturated heterocycles. The van der Waals surface area contributed by atoms with Gasteiger partial charge in [-0.2, -0.15) is 0 Å². The first-order valence-electron chi connectivity index (χ1n) is 6.81. The topological polar surface area (TPSA) is 72.5 Å². The number of sulfonamides is 1. The van der Waals surface area contributed by atoms with Crippen molar-refractivity contribution in [2.24, 2.45) is 0 Å². The number of benzene rings is 2. The van der Waals surface area contributed by atoms with Gasteiger partial charge in [-0.05, 0) is 52.8 Å². The van der Waals surface area contributed by atoms with Gasteiger partial charge in [-0.15, -0.1) is 0 Å². The second-order valence-corrected chi connectivity index (χ2v) is 7.43. The number of alkyl halides is 1. The van der Waals surface area contributed by atoms with Gasteiger partial charge in [0.15, 0.2) is 5.01 Å². The number of ketones is 1. The smallest absolute Gasteiger partial charge is 0.240 e. The first kappa shape index (κ1) is 17.8. The van der Waals surface area contributed by atoms with E-state index in [2.05, 4.69) is 20.7 Å². The Morgan fingerprint density at radius 2 is 1.74 bits per heavy atom. The van der Waals surface area contributed by atoms with Gasteiger partial charge in [-0.3, -0.25) is 4.79 Å². The van der Waals surface area contributed by atoms with Crippen LogP contribution in [0.15, 0.2) is 59.5 Å². The second kappa shape index (κ2) is 7.83. The van der Waals surface area contributed by atoms with Gasteiger partial charge in [0.1, 0.15) is 0 Å². The molecule has 0 heterocycles. The zero-order valence-electron chi connectivity index (χ0n) is 12.4. The maximum atomic E-state index is 12.3. The number of ether oxygens (including phenoxy) is 1. The van der Waals surface area contributed by atoms with E-state index in [9.17, 15) is 13.2 Å². The molecule has 2 aromatic carbocycles. The molecule has 5 nitrogen and oxygen atoms in total. The maximum absolute atomic E-state index is 12.3. The molecule has 0 aliphatic carbocycles. The zero-order chi connectivity index (χ0) is 16.9. The average Bonchev–Trinajstić information content (AvgIpc) is 2.60. The lowest BCUT2D eigenvalue weighted by atomic mass is 10.1. The molecule has 0 amide bonds. The van der Waals surface area contributed by atoms with Crippen molar-refractivity contribution in [1.29, 1.82) is 0 Å². The number of Topliss-reactive ketones (excluding diaryl/α,β-unsaturated/α-hetero) is 1. The summed E-state index contributed by atoms with van der Waals surface area (Å²) in [6.07, 6.45) is 0. The minimum atomic E-state index is -3.51. The number of hydrogen-bond donors (Lipinski definition) is 1. The Hall–Kier alpha value is -1.54. The van der Waals surface area contributed by atoms with Gasteiger partial charge >= 0.3 is 0 Å². The van der Waals surface area contributed by atoms with Crippen LogP contribution in [-0.4, -0.2) is 26.3 Å². The first-order valence-corrected chi connectivity index (χ1v) is 9.21. The quantitative estimate of drug-likeness (QED) is 0.575. The first-order chi connectivity index (χ1) is 10.9. The lowest BCUT2D eigenvalue weighted by Crippen LogP contribution is -2.20. The summed E-state index contributed by atoms with van der Waals surface area (Å²) in [4.78, 5) is 12.4. The van der Waals surface area contributed by atoms with Gasteiger partial charge in [0, 0.05) is 5.56 Å². The van der Waals surface area contributed by atoms with Crippen molar-refractivity contribution in [2.75, 3.05) is 7.05 Å². The molecule has 1 atom stereocenters. The molecule has 0 radical (unpaired) electrons. The number of carbonyl (C=O) groups is 1. The summed E-state index contributed by atoms with van der Waals surface area (Å²) >= 11 is 3.21. The summed E-state index contributed by atoms with van der Waals surface area (Å²) in [5.74, 6) is -0.269. The van der Waals surface area contributed by atoms with Crippen molar-refractivity contribution >= 4 is 31.7 Å². The average molecular weight is 398 g/mol. The Bertz CT molecular complexity index is 760. The Kier molecular flexibility index (Phi) is 6.06. The van der Waals surface area contributed by atoms with Crippen molar-refractivity contribution in [3.63, 3.8) is 0 Å². The van der Waals surface area contributed by atoms with Crippen molar-refractivity contribution in [2.45, 2.75) is 16.5 Å². The molecule has 2 aromatic rings. The van der Waals surface area contributed by atoms with Crippen LogP contribution in [0.2, 0.25) is 0 Å². The third kappa shape index (κ3) is 4.71. The fourth-order valence-electron chi connectivity index (χ4n) is 1.87. The molecule has 7 heteroatoms. The molecule has 0 aromatic heterocycles. The molecule has 23 heavy (non-hydrogen) atoms. The highest BCUT2D eigenvalue weighted by Gasteiger charge is 2.19. The third-order valence-electron chi connectivity index (χ3n) is 3.16. The number of nitrogens with one attached hydrogen (secondary N) is 1. The van der Waals surface area contributed by atoms with Crippen LogP contribution in [0.5, 0.6) is 0 Å². The van der Waals surface area contributed by atoms with Crippen LogP contribution < -0.4 is 4.72 Å². The standard InChI is InChI=1S/C16H16BrNO4S/c1-18-23(20,21)14-9-7-13(8-10-14)15(19)16(17)22-11-12-5-3-2-4-6-12/h2-10,16,18H,11H2,1H3. The van der Waals surface area contributed by atoms with Crippen molar-refractivity contribution in [3.8, 4) is 0 Å². The molecule has 0 aliphatic heterocycles. The van der Waals surface area contributed by atoms with Crippen LogP contribution in [0.4, 0.5) is 0 Å². The summed E-state index contributed by atoms with van der Waals surface area (Å²) in [5, 5.41) is -0.797. The molecule has 0 spiro atoms. The minimum absolute atomic E-state index is 0.105. The largest absolute Gasteiger partial charge is 0.354 e. The molecule has 0 fully saturated rings. The Morgan fingerprint density at radius 1 is 1.13 bits per heavy atom. The van der Waals surface area contributed by atoms with Gasteiger partial charge in [0.05, 0.1) is 11.5 Å². The number of carbonyl (C=O) groups excluding carboxylic acids is 1. The van der Waals surface area contributed by atoms with Crippen molar-refractivity contribution < 1.29 is 17.9 Å². The number of halogens is 1. The minimum Gasteiger partial charge on any atom is -0.354 e. The van der Waals surface area contributed by atoms with Crippen LogP contribution in [0.3, 0.4) is 0 Å². The van der Waals surface area contributed by atoms with E-state index in [1.165, 1.54) is 31.3 Å². The highest BCUT2D eigenvalue weighted by atomic mass is 79.9. The van der Waals surface area contributed by atoms with E-state index in [1.54, 1.807) is 0 Å². The molecule has 0 saturated carbocycles. The van der Waals surface area contributed by atoms with Gasteiger partial charge in [0.25, 0.3) is 0 Å². The summed E-state index contributed by atoms with van der Waals surface area (Å²) in [6.45, 7) is 0.300. The predicted octanol–water partition coefficient (Wildman–Crippen LogP) is 2.72. The Labute approximate surface area is 143 Å². The summed E-state index contributed by atoms with van der Waals surface area (Å²) in [7, 11) is -2.18. The zero-order valence-corrected chi connectivity index (χ0v) is 14.8.